The molecular formula is C11H11N3O4. The molecule has 1 fully saturated rings. The standard InChI is InChI=1S/C11H11N3O4/c1-7-8(3-2-4-9(7)14(17)18)6-13-10(15)5-12-11(13)16/h2-4H,5-6H2,1H3,(H,12,16). The second-order valence-electron chi connectivity index (χ2n) is 3.96. The maximum atomic E-state index is 11.4. The first-order valence-electron chi connectivity index (χ1n) is 5.32. The van der Waals surface area contributed by atoms with E-state index >= 15 is 0 Å². The van der Waals surface area contributed by atoms with Crippen LogP contribution in [0.3, 0.4) is 0 Å². The molecule has 1 aromatic carbocycles. The van der Waals surface area contributed by atoms with Gasteiger partial charge >= 0.3 is 6.03 Å². The van der Waals surface area contributed by atoms with Gasteiger partial charge in [-0.3, -0.25) is 19.8 Å². The highest BCUT2D eigenvalue weighted by Gasteiger charge is 2.29. The van der Waals surface area contributed by atoms with Crippen LogP contribution in [0, 0.1) is 17.0 Å². The SMILES string of the molecule is Cc1c(CN2C(=O)CNC2=O)cccc1[N+](=O)[O-]. The van der Waals surface area contributed by atoms with Crippen LogP contribution in [0.4, 0.5) is 10.5 Å². The quantitative estimate of drug-likeness (QED) is 0.490. The molecule has 3 amide bonds. The first kappa shape index (κ1) is 12.0. The predicted octanol–water partition coefficient (Wildman–Crippen LogP) is 0.955. The summed E-state index contributed by atoms with van der Waals surface area (Å²) in [6.45, 7) is 1.64. The van der Waals surface area contributed by atoms with Crippen LogP contribution in [0.1, 0.15) is 11.1 Å². The molecule has 0 bridgehead atoms. The smallest absolute Gasteiger partial charge is 0.324 e. The van der Waals surface area contributed by atoms with E-state index in [4.69, 9.17) is 0 Å². The van der Waals surface area contributed by atoms with Crippen LogP contribution in [0.15, 0.2) is 18.2 Å². The van der Waals surface area contributed by atoms with E-state index in [0.29, 0.717) is 11.1 Å². The molecule has 18 heavy (non-hydrogen) atoms. The van der Waals surface area contributed by atoms with Crippen molar-refractivity contribution in [3.8, 4) is 0 Å². The topological polar surface area (TPSA) is 92.6 Å². The van der Waals surface area contributed by atoms with Crippen LogP contribution in [-0.4, -0.2) is 28.3 Å². The molecule has 0 saturated carbocycles. The summed E-state index contributed by atoms with van der Waals surface area (Å²) in [6.07, 6.45) is 0. The maximum Gasteiger partial charge on any atom is 0.324 e. The minimum atomic E-state index is -0.481. The van der Waals surface area contributed by atoms with Crippen molar-refractivity contribution in [2.45, 2.75) is 13.5 Å². The third-order valence-corrected chi connectivity index (χ3v) is 2.88. The molecular weight excluding hydrogens is 238 g/mol. The molecule has 0 atom stereocenters. The summed E-state index contributed by atoms with van der Waals surface area (Å²) >= 11 is 0. The van der Waals surface area contributed by atoms with Crippen molar-refractivity contribution in [3.63, 3.8) is 0 Å². The van der Waals surface area contributed by atoms with Crippen molar-refractivity contribution >= 4 is 17.6 Å². The number of carbonyl (C=O) groups excluding carboxylic acids is 2. The minimum absolute atomic E-state index is 0.0143. The van der Waals surface area contributed by atoms with Gasteiger partial charge < -0.3 is 5.32 Å². The lowest BCUT2D eigenvalue weighted by molar-refractivity contribution is -0.385. The Labute approximate surface area is 103 Å². The molecule has 7 nitrogen and oxygen atoms in total. The first-order valence-corrected chi connectivity index (χ1v) is 5.32. The highest BCUT2D eigenvalue weighted by atomic mass is 16.6. The molecule has 94 valence electrons. The summed E-state index contributed by atoms with van der Waals surface area (Å²) in [4.78, 5) is 34.2. The Morgan fingerprint density at radius 3 is 2.72 bits per heavy atom. The number of urea groups is 1. The van der Waals surface area contributed by atoms with Crippen LogP contribution in [-0.2, 0) is 11.3 Å². The second-order valence-corrected chi connectivity index (χ2v) is 3.96. The maximum absolute atomic E-state index is 11.4. The Morgan fingerprint density at radius 1 is 1.44 bits per heavy atom. The Bertz CT molecular complexity index is 525. The number of carbonyl (C=O) groups is 2. The van der Waals surface area contributed by atoms with Gasteiger partial charge in [-0.1, -0.05) is 12.1 Å². The fourth-order valence-electron chi connectivity index (χ4n) is 1.82. The van der Waals surface area contributed by atoms with Gasteiger partial charge in [0.25, 0.3) is 5.69 Å². The first-order chi connectivity index (χ1) is 8.50. The van der Waals surface area contributed by atoms with Crippen molar-refractivity contribution in [1.29, 1.82) is 0 Å². The van der Waals surface area contributed by atoms with Gasteiger partial charge in [-0.05, 0) is 12.5 Å². The zero-order valence-electron chi connectivity index (χ0n) is 9.67. The van der Waals surface area contributed by atoms with Gasteiger partial charge in [-0.2, -0.15) is 0 Å². The predicted molar refractivity (Wildman–Crippen MR) is 61.8 cm³/mol. The molecule has 1 N–H and O–H groups in total. The minimum Gasteiger partial charge on any atom is -0.329 e. The van der Waals surface area contributed by atoms with E-state index in [2.05, 4.69) is 5.32 Å². The molecule has 1 saturated heterocycles. The number of nitrogens with one attached hydrogen (secondary N) is 1. The normalized spacial score (nSPS) is 14.8. The van der Waals surface area contributed by atoms with Crippen molar-refractivity contribution in [1.82, 2.24) is 10.2 Å². The third-order valence-electron chi connectivity index (χ3n) is 2.88. The fraction of sp³-hybridized carbons (Fsp3) is 0.273. The van der Waals surface area contributed by atoms with Crippen LogP contribution in [0.5, 0.6) is 0 Å². The lowest BCUT2D eigenvalue weighted by Crippen LogP contribution is -2.30. The van der Waals surface area contributed by atoms with Gasteiger partial charge in [0.1, 0.15) is 0 Å². The monoisotopic (exact) mass is 249 g/mol. The second kappa shape index (κ2) is 4.44. The number of hydrogen-bond acceptors (Lipinski definition) is 4. The van der Waals surface area contributed by atoms with Crippen molar-refractivity contribution in [2.75, 3.05) is 6.54 Å². The van der Waals surface area contributed by atoms with Gasteiger partial charge in [0, 0.05) is 11.6 Å². The number of nitrogens with zero attached hydrogens (tertiary/aromatic N) is 2. The number of imide groups is 1. The third kappa shape index (κ3) is 2.02. The summed E-state index contributed by atoms with van der Waals surface area (Å²) in [7, 11) is 0. The van der Waals surface area contributed by atoms with E-state index in [9.17, 15) is 19.7 Å². The Morgan fingerprint density at radius 2 is 2.17 bits per heavy atom. The van der Waals surface area contributed by atoms with Crippen molar-refractivity contribution in [2.24, 2.45) is 0 Å². The highest BCUT2D eigenvalue weighted by molar-refractivity contribution is 6.01. The fourth-order valence-corrected chi connectivity index (χ4v) is 1.82. The van der Waals surface area contributed by atoms with Gasteiger partial charge in [-0.15, -0.1) is 0 Å². The number of rotatable bonds is 3. The van der Waals surface area contributed by atoms with E-state index < -0.39 is 11.0 Å². The van der Waals surface area contributed by atoms with E-state index in [1.165, 1.54) is 6.07 Å². The lowest BCUT2D eigenvalue weighted by Gasteiger charge is -2.13. The lowest BCUT2D eigenvalue weighted by atomic mass is 10.1. The molecule has 0 unspecified atom stereocenters. The van der Waals surface area contributed by atoms with Crippen molar-refractivity contribution in [3.05, 3.63) is 39.4 Å². The number of nitro groups is 1. The average Bonchev–Trinajstić information content (AvgIpc) is 2.63. The molecule has 7 heteroatoms. The van der Waals surface area contributed by atoms with Crippen molar-refractivity contribution < 1.29 is 14.5 Å². The summed E-state index contributed by atoms with van der Waals surface area (Å²) in [5, 5.41) is 13.2. The van der Waals surface area contributed by atoms with E-state index in [1.807, 2.05) is 0 Å². The van der Waals surface area contributed by atoms with Crippen LogP contribution < -0.4 is 5.32 Å². The van der Waals surface area contributed by atoms with Gasteiger partial charge in [0.2, 0.25) is 5.91 Å². The van der Waals surface area contributed by atoms with E-state index in [-0.39, 0.29) is 24.7 Å². The molecule has 2 rings (SSSR count). The number of hydrogen-bond donors (Lipinski definition) is 1. The largest absolute Gasteiger partial charge is 0.329 e. The highest BCUT2D eigenvalue weighted by Crippen LogP contribution is 2.22. The Hall–Kier alpha value is -2.44. The average molecular weight is 249 g/mol. The van der Waals surface area contributed by atoms with E-state index in [0.717, 1.165) is 4.90 Å². The van der Waals surface area contributed by atoms with Crippen LogP contribution in [0.25, 0.3) is 0 Å². The molecule has 1 aliphatic rings. The summed E-state index contributed by atoms with van der Waals surface area (Å²) < 4.78 is 0. The molecule has 0 spiro atoms. The van der Waals surface area contributed by atoms with Gasteiger partial charge in [0.15, 0.2) is 0 Å². The molecule has 0 aromatic heterocycles. The number of nitro benzene ring substituents is 1. The van der Waals surface area contributed by atoms with E-state index in [1.54, 1.807) is 19.1 Å². The van der Waals surface area contributed by atoms with Gasteiger partial charge in [-0.25, -0.2) is 4.79 Å². The zero-order chi connectivity index (χ0) is 13.3. The zero-order valence-corrected chi connectivity index (χ0v) is 9.67. The van der Waals surface area contributed by atoms with Crippen LogP contribution in [0.2, 0.25) is 0 Å². The molecule has 1 aliphatic heterocycles. The molecule has 1 aromatic rings. The molecule has 0 radical (unpaired) electrons. The Kier molecular flexibility index (Phi) is 2.97. The summed E-state index contributed by atoms with van der Waals surface area (Å²) in [6, 6.07) is 4.14. The van der Waals surface area contributed by atoms with Gasteiger partial charge in [0.05, 0.1) is 18.0 Å². The number of benzene rings is 1. The summed E-state index contributed by atoms with van der Waals surface area (Å²) in [5.74, 6) is -0.328. The molecule has 0 aliphatic carbocycles. The Balaban J connectivity index is 2.30. The van der Waals surface area contributed by atoms with Crippen LogP contribution >= 0.6 is 0 Å². The molecule has 1 heterocycles. The number of amides is 3. The summed E-state index contributed by atoms with van der Waals surface area (Å²) in [5.41, 5.74) is 1.05.